The van der Waals surface area contributed by atoms with Gasteiger partial charge in [0.05, 0.1) is 16.2 Å². The second kappa shape index (κ2) is 5.13. The molecule has 0 spiro atoms. The second-order valence-corrected chi connectivity index (χ2v) is 8.70. The molecule has 3 fully saturated rings. The lowest BCUT2D eigenvalue weighted by Gasteiger charge is -2.61. The van der Waals surface area contributed by atoms with Gasteiger partial charge in [-0.2, -0.15) is 5.10 Å². The summed E-state index contributed by atoms with van der Waals surface area (Å²) in [5, 5.41) is 8.80. The van der Waals surface area contributed by atoms with Gasteiger partial charge in [0.1, 0.15) is 11.5 Å². The number of nitrogens with zero attached hydrogens (tertiary/aromatic N) is 2. The van der Waals surface area contributed by atoms with Crippen molar-refractivity contribution in [2.75, 3.05) is 6.54 Å². The summed E-state index contributed by atoms with van der Waals surface area (Å²) in [6.07, 6.45) is 4.50. The summed E-state index contributed by atoms with van der Waals surface area (Å²) in [7, 11) is 0. The summed E-state index contributed by atoms with van der Waals surface area (Å²) in [5.74, 6) is 0.380. The fourth-order valence-electron chi connectivity index (χ4n) is 5.12. The summed E-state index contributed by atoms with van der Waals surface area (Å²) < 4.78 is 13.6. The number of H-pyrrole nitrogens is 2. The molecule has 3 saturated carbocycles. The molecule has 1 aliphatic heterocycles. The Morgan fingerprint density at radius 2 is 2.11 bits per heavy atom. The maximum absolute atomic E-state index is 13.6. The zero-order valence-corrected chi connectivity index (χ0v) is 15.4. The standard InChI is InChI=1S/C20H18ClFN4O/c21-14-3-11(22)4-16-12(14)5-17(23-16)19(27)26-2-1-15-13(9-26)18(25-24-15)20-6-10(7-20)8-20/h3-5,10,23H,1-2,6-9H2,(H,24,25). The molecule has 2 bridgehead atoms. The molecule has 5 nitrogen and oxygen atoms in total. The lowest BCUT2D eigenvalue weighted by atomic mass is 9.43. The van der Waals surface area contributed by atoms with Crippen LogP contribution in [-0.4, -0.2) is 32.5 Å². The van der Waals surface area contributed by atoms with Crippen LogP contribution in [0, 0.1) is 11.7 Å². The van der Waals surface area contributed by atoms with Crippen LogP contribution in [0.5, 0.6) is 0 Å². The van der Waals surface area contributed by atoms with Crippen LogP contribution >= 0.6 is 11.6 Å². The van der Waals surface area contributed by atoms with Gasteiger partial charge in [-0.15, -0.1) is 0 Å². The summed E-state index contributed by atoms with van der Waals surface area (Å²) in [6, 6.07) is 4.34. The van der Waals surface area contributed by atoms with Crippen LogP contribution < -0.4 is 0 Å². The number of halogens is 2. The topological polar surface area (TPSA) is 64.8 Å². The number of rotatable bonds is 2. The molecule has 1 amide bonds. The number of carbonyl (C=O) groups excluding carboxylic acids is 1. The highest BCUT2D eigenvalue weighted by Gasteiger charge is 2.59. The number of hydrogen-bond acceptors (Lipinski definition) is 2. The Hall–Kier alpha value is -2.34. The third-order valence-corrected chi connectivity index (χ3v) is 6.96. The summed E-state index contributed by atoms with van der Waals surface area (Å²) >= 11 is 6.12. The van der Waals surface area contributed by atoms with Gasteiger partial charge in [0.2, 0.25) is 0 Å². The molecule has 1 aromatic carbocycles. The van der Waals surface area contributed by atoms with Crippen LogP contribution in [0.25, 0.3) is 10.9 Å². The van der Waals surface area contributed by atoms with Gasteiger partial charge in [0, 0.05) is 41.6 Å². The lowest BCUT2D eigenvalue weighted by Crippen LogP contribution is -2.56. The second-order valence-electron chi connectivity index (χ2n) is 8.30. The number of benzene rings is 1. The predicted octanol–water partition coefficient (Wildman–Crippen LogP) is 3.93. The van der Waals surface area contributed by atoms with Gasteiger partial charge in [-0.05, 0) is 43.4 Å². The van der Waals surface area contributed by atoms with Crippen LogP contribution in [0.4, 0.5) is 4.39 Å². The highest BCUT2D eigenvalue weighted by atomic mass is 35.5. The van der Waals surface area contributed by atoms with Gasteiger partial charge in [0.25, 0.3) is 5.91 Å². The van der Waals surface area contributed by atoms with Crippen molar-refractivity contribution >= 4 is 28.4 Å². The predicted molar refractivity (Wildman–Crippen MR) is 99.3 cm³/mol. The molecular formula is C20H18ClFN4O. The first-order valence-corrected chi connectivity index (χ1v) is 9.74. The smallest absolute Gasteiger partial charge is 0.270 e. The lowest BCUT2D eigenvalue weighted by molar-refractivity contribution is -0.0320. The van der Waals surface area contributed by atoms with Crippen LogP contribution in [0.1, 0.15) is 46.7 Å². The van der Waals surface area contributed by atoms with Crippen LogP contribution in [0.2, 0.25) is 5.02 Å². The van der Waals surface area contributed by atoms with Crippen molar-refractivity contribution in [1.82, 2.24) is 20.1 Å². The molecule has 0 radical (unpaired) electrons. The van der Waals surface area contributed by atoms with Crippen molar-refractivity contribution in [3.8, 4) is 0 Å². The number of aromatic nitrogens is 3. The van der Waals surface area contributed by atoms with Crippen molar-refractivity contribution in [3.05, 3.63) is 51.7 Å². The number of nitrogens with one attached hydrogen (secondary N) is 2. The molecule has 3 aromatic rings. The molecule has 0 atom stereocenters. The molecule has 2 aromatic heterocycles. The number of aromatic amines is 2. The largest absolute Gasteiger partial charge is 0.350 e. The highest BCUT2D eigenvalue weighted by Crippen LogP contribution is 2.65. The van der Waals surface area contributed by atoms with Crippen LogP contribution in [0.15, 0.2) is 18.2 Å². The molecule has 0 unspecified atom stereocenters. The van der Waals surface area contributed by atoms with Gasteiger partial charge in [0.15, 0.2) is 0 Å². The molecular weight excluding hydrogens is 367 g/mol. The van der Waals surface area contributed by atoms with Gasteiger partial charge in [-0.25, -0.2) is 4.39 Å². The average Bonchev–Trinajstić information content (AvgIpc) is 3.16. The van der Waals surface area contributed by atoms with E-state index in [1.807, 2.05) is 4.90 Å². The fourth-order valence-corrected chi connectivity index (χ4v) is 5.38. The molecule has 3 heterocycles. The molecule has 2 N–H and O–H groups in total. The van der Waals surface area contributed by atoms with E-state index in [0.29, 0.717) is 34.7 Å². The number of amides is 1. The minimum absolute atomic E-state index is 0.0851. The van der Waals surface area contributed by atoms with Crippen molar-refractivity contribution in [3.63, 3.8) is 0 Å². The van der Waals surface area contributed by atoms with Crippen molar-refractivity contribution in [1.29, 1.82) is 0 Å². The first kappa shape index (κ1) is 15.7. The maximum atomic E-state index is 13.6. The average molecular weight is 385 g/mol. The molecule has 4 aliphatic rings. The molecule has 0 saturated heterocycles. The molecule has 27 heavy (non-hydrogen) atoms. The van der Waals surface area contributed by atoms with Crippen LogP contribution in [-0.2, 0) is 18.4 Å². The Bertz CT molecular complexity index is 1100. The van der Waals surface area contributed by atoms with Gasteiger partial charge < -0.3 is 9.88 Å². The van der Waals surface area contributed by atoms with E-state index < -0.39 is 5.82 Å². The normalized spacial score (nSPS) is 25.9. The Morgan fingerprint density at radius 1 is 1.30 bits per heavy atom. The van der Waals surface area contributed by atoms with Crippen molar-refractivity contribution < 1.29 is 9.18 Å². The number of fused-ring (bicyclic) bond motifs is 2. The van der Waals surface area contributed by atoms with E-state index in [-0.39, 0.29) is 11.3 Å². The van der Waals surface area contributed by atoms with E-state index in [1.165, 1.54) is 48.3 Å². The SMILES string of the molecule is O=C(c1cc2c(Cl)cc(F)cc2[nH]1)N1CCc2[nH]nc(C34CC(C3)C4)c2C1. The van der Waals surface area contributed by atoms with Crippen molar-refractivity contribution in [2.24, 2.45) is 5.92 Å². The van der Waals surface area contributed by atoms with E-state index in [1.54, 1.807) is 6.07 Å². The Kier molecular flexibility index (Phi) is 2.98. The molecule has 7 heteroatoms. The van der Waals surface area contributed by atoms with E-state index in [0.717, 1.165) is 12.3 Å². The van der Waals surface area contributed by atoms with Gasteiger partial charge in [-0.3, -0.25) is 9.89 Å². The maximum Gasteiger partial charge on any atom is 0.270 e. The number of hydrogen-bond donors (Lipinski definition) is 2. The Labute approximate surface area is 159 Å². The monoisotopic (exact) mass is 384 g/mol. The summed E-state index contributed by atoms with van der Waals surface area (Å²) in [4.78, 5) is 18.0. The number of carbonyl (C=O) groups is 1. The van der Waals surface area contributed by atoms with Crippen molar-refractivity contribution in [2.45, 2.75) is 37.6 Å². The van der Waals surface area contributed by atoms with E-state index >= 15 is 0 Å². The van der Waals surface area contributed by atoms with Crippen LogP contribution in [0.3, 0.4) is 0 Å². The minimum Gasteiger partial charge on any atom is -0.350 e. The quantitative estimate of drug-likeness (QED) is 0.703. The zero-order valence-electron chi connectivity index (χ0n) is 14.6. The van der Waals surface area contributed by atoms with Gasteiger partial charge >= 0.3 is 0 Å². The Morgan fingerprint density at radius 3 is 2.85 bits per heavy atom. The Balaban J connectivity index is 1.32. The van der Waals surface area contributed by atoms with E-state index in [2.05, 4.69) is 15.2 Å². The van der Waals surface area contributed by atoms with Gasteiger partial charge in [-0.1, -0.05) is 11.6 Å². The third kappa shape index (κ3) is 2.10. The fraction of sp³-hybridized carbons (Fsp3) is 0.400. The molecule has 3 aliphatic carbocycles. The summed E-state index contributed by atoms with van der Waals surface area (Å²) in [6.45, 7) is 1.21. The molecule has 7 rings (SSSR count). The molecule has 138 valence electrons. The third-order valence-electron chi connectivity index (χ3n) is 6.64. The highest BCUT2D eigenvalue weighted by molar-refractivity contribution is 6.35. The van der Waals surface area contributed by atoms with E-state index in [9.17, 15) is 9.18 Å². The summed E-state index contributed by atoms with van der Waals surface area (Å²) in [5.41, 5.74) is 4.80. The minimum atomic E-state index is -0.419. The zero-order chi connectivity index (χ0) is 18.3. The first-order valence-electron chi connectivity index (χ1n) is 9.36. The van der Waals surface area contributed by atoms with E-state index in [4.69, 9.17) is 11.6 Å². The first-order chi connectivity index (χ1) is 13.0.